The number of hydrogen-bond acceptors (Lipinski definition) is 4. The Labute approximate surface area is 210 Å². The van der Waals surface area contributed by atoms with Gasteiger partial charge in [0.15, 0.2) is 0 Å². The molecular formula is C24H20BrCl2N3O3. The second-order valence-electron chi connectivity index (χ2n) is 6.96. The van der Waals surface area contributed by atoms with Gasteiger partial charge in [0.05, 0.1) is 10.7 Å². The summed E-state index contributed by atoms with van der Waals surface area (Å²) in [5, 5.41) is 7.83. The van der Waals surface area contributed by atoms with Crippen molar-refractivity contribution in [1.82, 2.24) is 5.43 Å². The third-order valence-corrected chi connectivity index (χ3v) is 5.46. The molecule has 0 aliphatic heterocycles. The molecule has 6 nitrogen and oxygen atoms in total. The van der Waals surface area contributed by atoms with E-state index in [1.165, 1.54) is 6.21 Å². The maximum Gasteiger partial charge on any atom is 0.240 e. The number of benzene rings is 3. The Balaban J connectivity index is 1.42. The van der Waals surface area contributed by atoms with Gasteiger partial charge in [0, 0.05) is 28.6 Å². The highest BCUT2D eigenvalue weighted by Crippen LogP contribution is 2.26. The predicted octanol–water partition coefficient (Wildman–Crippen LogP) is 6.20. The van der Waals surface area contributed by atoms with E-state index in [0.29, 0.717) is 28.1 Å². The number of hydrazone groups is 1. The first-order valence-corrected chi connectivity index (χ1v) is 11.5. The molecule has 33 heavy (non-hydrogen) atoms. The Morgan fingerprint density at radius 1 is 0.939 bits per heavy atom. The zero-order valence-corrected chi connectivity index (χ0v) is 20.5. The van der Waals surface area contributed by atoms with Gasteiger partial charge in [0.2, 0.25) is 11.8 Å². The summed E-state index contributed by atoms with van der Waals surface area (Å²) in [6.45, 7) is 0.407. The minimum Gasteiger partial charge on any atom is -0.488 e. The zero-order valence-electron chi connectivity index (χ0n) is 17.4. The normalized spacial score (nSPS) is 10.8. The molecule has 0 spiro atoms. The van der Waals surface area contributed by atoms with E-state index in [2.05, 4.69) is 31.8 Å². The van der Waals surface area contributed by atoms with Crippen LogP contribution in [0.25, 0.3) is 0 Å². The summed E-state index contributed by atoms with van der Waals surface area (Å²) >= 11 is 15.3. The molecule has 0 saturated heterocycles. The quantitative estimate of drug-likeness (QED) is 0.246. The highest BCUT2D eigenvalue weighted by atomic mass is 79.9. The smallest absolute Gasteiger partial charge is 0.240 e. The molecular weight excluding hydrogens is 529 g/mol. The van der Waals surface area contributed by atoms with Crippen LogP contribution >= 0.6 is 39.1 Å². The lowest BCUT2D eigenvalue weighted by Gasteiger charge is -2.09. The minimum absolute atomic E-state index is 0.00487. The summed E-state index contributed by atoms with van der Waals surface area (Å²) in [6, 6.07) is 19.7. The molecule has 9 heteroatoms. The number of ether oxygens (including phenoxy) is 1. The lowest BCUT2D eigenvalue weighted by atomic mass is 10.2. The number of amides is 2. The summed E-state index contributed by atoms with van der Waals surface area (Å²) in [7, 11) is 0. The Morgan fingerprint density at radius 3 is 2.42 bits per heavy atom. The maximum atomic E-state index is 12.0. The Hall–Kier alpha value is -2.87. The molecule has 2 amide bonds. The van der Waals surface area contributed by atoms with Gasteiger partial charge in [-0.1, -0.05) is 41.4 Å². The van der Waals surface area contributed by atoms with Crippen LogP contribution in [0.5, 0.6) is 5.75 Å². The fraction of sp³-hybridized carbons (Fsp3) is 0.125. The van der Waals surface area contributed by atoms with Crippen molar-refractivity contribution in [2.24, 2.45) is 5.10 Å². The predicted molar refractivity (Wildman–Crippen MR) is 135 cm³/mol. The zero-order chi connectivity index (χ0) is 23.6. The summed E-state index contributed by atoms with van der Waals surface area (Å²) in [6.07, 6.45) is 1.54. The largest absolute Gasteiger partial charge is 0.488 e. The van der Waals surface area contributed by atoms with E-state index in [1.54, 1.807) is 24.3 Å². The number of rotatable bonds is 9. The highest BCUT2D eigenvalue weighted by Gasteiger charge is 2.07. The van der Waals surface area contributed by atoms with E-state index >= 15 is 0 Å². The van der Waals surface area contributed by atoms with Gasteiger partial charge in [-0.3, -0.25) is 9.59 Å². The molecule has 0 aromatic heterocycles. The second-order valence-corrected chi connectivity index (χ2v) is 8.68. The summed E-state index contributed by atoms with van der Waals surface area (Å²) in [5.74, 6) is 0.0286. The van der Waals surface area contributed by atoms with E-state index in [4.69, 9.17) is 27.9 Å². The van der Waals surface area contributed by atoms with Crippen molar-refractivity contribution in [2.45, 2.75) is 19.4 Å². The van der Waals surface area contributed by atoms with Crippen molar-refractivity contribution in [2.75, 3.05) is 5.32 Å². The van der Waals surface area contributed by atoms with E-state index in [-0.39, 0.29) is 24.7 Å². The van der Waals surface area contributed by atoms with Crippen LogP contribution in [0.4, 0.5) is 5.69 Å². The molecule has 3 aromatic carbocycles. The second kappa shape index (κ2) is 12.4. The first-order chi connectivity index (χ1) is 15.9. The number of nitrogens with one attached hydrogen (secondary N) is 2. The lowest BCUT2D eigenvalue weighted by Crippen LogP contribution is -2.20. The van der Waals surface area contributed by atoms with Crippen LogP contribution in [0.15, 0.2) is 76.3 Å². The van der Waals surface area contributed by atoms with Gasteiger partial charge >= 0.3 is 0 Å². The van der Waals surface area contributed by atoms with Gasteiger partial charge in [0.25, 0.3) is 0 Å². The Bertz CT molecular complexity index is 1150. The van der Waals surface area contributed by atoms with Crippen LogP contribution in [-0.2, 0) is 16.2 Å². The highest BCUT2D eigenvalue weighted by molar-refractivity contribution is 9.10. The average Bonchev–Trinajstić information content (AvgIpc) is 2.78. The molecule has 170 valence electrons. The molecule has 0 aliphatic rings. The van der Waals surface area contributed by atoms with Gasteiger partial charge in [-0.15, -0.1) is 0 Å². The van der Waals surface area contributed by atoms with Gasteiger partial charge in [-0.25, -0.2) is 5.43 Å². The van der Waals surface area contributed by atoms with Gasteiger partial charge in [-0.05, 0) is 75.6 Å². The van der Waals surface area contributed by atoms with E-state index in [9.17, 15) is 9.59 Å². The van der Waals surface area contributed by atoms with Crippen LogP contribution in [0.2, 0.25) is 10.0 Å². The molecule has 0 bridgehead atoms. The molecule has 0 unspecified atom stereocenters. The lowest BCUT2D eigenvalue weighted by molar-refractivity contribution is -0.124. The van der Waals surface area contributed by atoms with E-state index < -0.39 is 0 Å². The monoisotopic (exact) mass is 547 g/mol. The number of carbonyl (C=O) groups excluding carboxylic acids is 2. The fourth-order valence-electron chi connectivity index (χ4n) is 2.71. The van der Waals surface area contributed by atoms with E-state index in [0.717, 1.165) is 15.6 Å². The van der Waals surface area contributed by atoms with Gasteiger partial charge < -0.3 is 10.1 Å². The molecule has 3 rings (SSSR count). The van der Waals surface area contributed by atoms with Crippen molar-refractivity contribution in [3.63, 3.8) is 0 Å². The van der Waals surface area contributed by atoms with Gasteiger partial charge in [-0.2, -0.15) is 5.10 Å². The summed E-state index contributed by atoms with van der Waals surface area (Å²) < 4.78 is 6.57. The van der Waals surface area contributed by atoms with Gasteiger partial charge in [0.1, 0.15) is 12.4 Å². The molecule has 0 heterocycles. The number of anilines is 1. The third-order valence-electron chi connectivity index (χ3n) is 4.35. The van der Waals surface area contributed by atoms with Crippen LogP contribution in [0, 0.1) is 0 Å². The number of nitrogens with zero attached hydrogens (tertiary/aromatic N) is 1. The third kappa shape index (κ3) is 8.53. The standard InChI is InChI=1S/C24H20BrCl2N3O3/c25-21-12-17(6-9-22(21)33-15-16-4-7-18(26)8-5-16)14-28-30-24(32)11-10-23(31)29-20-3-1-2-19(27)13-20/h1-9,12-14H,10-11,15H2,(H,29,31)(H,30,32). The van der Waals surface area contributed by atoms with Crippen LogP contribution in [0.1, 0.15) is 24.0 Å². The average molecular weight is 549 g/mol. The topological polar surface area (TPSA) is 79.8 Å². The van der Waals surface area contributed by atoms with Crippen molar-refractivity contribution >= 4 is 62.8 Å². The first kappa shape index (κ1) is 24.8. The molecule has 2 N–H and O–H groups in total. The van der Waals surface area contributed by atoms with Crippen molar-refractivity contribution in [1.29, 1.82) is 0 Å². The Kier molecular flexibility index (Phi) is 9.30. The molecule has 0 radical (unpaired) electrons. The number of carbonyl (C=O) groups is 2. The van der Waals surface area contributed by atoms with Crippen molar-refractivity contribution in [3.05, 3.63) is 92.4 Å². The Morgan fingerprint density at radius 2 is 1.70 bits per heavy atom. The maximum absolute atomic E-state index is 12.0. The minimum atomic E-state index is -0.366. The molecule has 0 aliphatic carbocycles. The van der Waals surface area contributed by atoms with Crippen molar-refractivity contribution < 1.29 is 14.3 Å². The molecule has 0 saturated carbocycles. The number of halogens is 3. The SMILES string of the molecule is O=C(CCC(=O)Nc1cccc(Cl)c1)NN=Cc1ccc(OCc2ccc(Cl)cc2)c(Br)c1. The summed E-state index contributed by atoms with van der Waals surface area (Å²) in [4.78, 5) is 23.9. The molecule has 0 atom stereocenters. The molecule has 3 aromatic rings. The molecule has 0 fully saturated rings. The fourth-order valence-corrected chi connectivity index (χ4v) is 3.53. The first-order valence-electron chi connectivity index (χ1n) is 9.93. The summed E-state index contributed by atoms with van der Waals surface area (Å²) in [5.41, 5.74) is 4.76. The van der Waals surface area contributed by atoms with E-state index in [1.807, 2.05) is 42.5 Å². The van der Waals surface area contributed by atoms with Crippen LogP contribution in [-0.4, -0.2) is 18.0 Å². The number of hydrogen-bond donors (Lipinski definition) is 2. The van der Waals surface area contributed by atoms with Crippen LogP contribution < -0.4 is 15.5 Å². The van der Waals surface area contributed by atoms with Crippen LogP contribution in [0.3, 0.4) is 0 Å². The van der Waals surface area contributed by atoms with Crippen molar-refractivity contribution in [3.8, 4) is 5.75 Å².